The minimum absolute atomic E-state index is 0.545. The molecule has 1 fully saturated rings. The van der Waals surface area contributed by atoms with Crippen molar-refractivity contribution in [2.24, 2.45) is 5.92 Å². The maximum absolute atomic E-state index is 4.56. The van der Waals surface area contributed by atoms with Gasteiger partial charge in [0, 0.05) is 10.5 Å². The highest BCUT2D eigenvalue weighted by Gasteiger charge is 2.24. The van der Waals surface area contributed by atoms with Crippen LogP contribution >= 0.6 is 25.3 Å². The van der Waals surface area contributed by atoms with Gasteiger partial charge in [0.25, 0.3) is 0 Å². The molecule has 1 aliphatic rings. The van der Waals surface area contributed by atoms with E-state index in [1.807, 2.05) is 0 Å². The molecule has 72 valence electrons. The van der Waals surface area contributed by atoms with E-state index in [4.69, 9.17) is 0 Å². The van der Waals surface area contributed by atoms with Crippen LogP contribution in [0, 0.1) is 5.92 Å². The first kappa shape index (κ1) is 10.8. The van der Waals surface area contributed by atoms with E-state index in [-0.39, 0.29) is 0 Å². The van der Waals surface area contributed by atoms with E-state index in [1.54, 1.807) is 0 Å². The molecule has 0 aromatic carbocycles. The van der Waals surface area contributed by atoms with Crippen LogP contribution in [0.2, 0.25) is 0 Å². The second-order valence-corrected chi connectivity index (χ2v) is 5.28. The van der Waals surface area contributed by atoms with Gasteiger partial charge in [0.05, 0.1) is 0 Å². The third kappa shape index (κ3) is 3.21. The summed E-state index contributed by atoms with van der Waals surface area (Å²) in [4.78, 5) is 0. The zero-order valence-electron chi connectivity index (χ0n) is 7.87. The van der Waals surface area contributed by atoms with Crippen molar-refractivity contribution in [1.29, 1.82) is 0 Å². The molecule has 0 saturated heterocycles. The lowest BCUT2D eigenvalue weighted by molar-refractivity contribution is 0.345. The fraction of sp³-hybridized carbons (Fsp3) is 1.00. The van der Waals surface area contributed by atoms with Gasteiger partial charge >= 0.3 is 0 Å². The summed E-state index contributed by atoms with van der Waals surface area (Å²) in [5.74, 6) is 0.941. The quantitative estimate of drug-likeness (QED) is 0.645. The Balaban J connectivity index is 2.21. The van der Waals surface area contributed by atoms with E-state index in [9.17, 15) is 0 Å². The second kappa shape index (κ2) is 5.43. The third-order valence-corrected chi connectivity index (χ3v) is 4.28. The van der Waals surface area contributed by atoms with Gasteiger partial charge in [-0.3, -0.25) is 0 Å². The number of rotatable bonds is 3. The molecular formula is C10H20S2. The van der Waals surface area contributed by atoms with E-state index in [2.05, 4.69) is 32.2 Å². The minimum Gasteiger partial charge on any atom is -0.175 e. The maximum Gasteiger partial charge on any atom is 0.0136 e. The molecule has 0 aromatic rings. The van der Waals surface area contributed by atoms with Crippen molar-refractivity contribution in [3.63, 3.8) is 0 Å². The molecule has 0 amide bonds. The highest BCUT2D eigenvalue weighted by Crippen LogP contribution is 2.33. The van der Waals surface area contributed by atoms with Crippen LogP contribution in [-0.2, 0) is 0 Å². The van der Waals surface area contributed by atoms with Gasteiger partial charge in [-0.05, 0) is 25.2 Å². The lowest BCUT2D eigenvalue weighted by atomic mass is 9.85. The van der Waals surface area contributed by atoms with Crippen LogP contribution in [0.5, 0.6) is 0 Å². The number of unbranched alkanes of at least 4 members (excludes halogenated alkanes) is 1. The van der Waals surface area contributed by atoms with Crippen LogP contribution in [0.3, 0.4) is 0 Å². The molecule has 0 spiro atoms. The van der Waals surface area contributed by atoms with Crippen LogP contribution in [0.15, 0.2) is 0 Å². The third-order valence-electron chi connectivity index (χ3n) is 2.86. The fourth-order valence-corrected chi connectivity index (χ4v) is 2.69. The monoisotopic (exact) mass is 204 g/mol. The van der Waals surface area contributed by atoms with Gasteiger partial charge in [-0.25, -0.2) is 0 Å². The van der Waals surface area contributed by atoms with Crippen LogP contribution in [0.4, 0.5) is 0 Å². The average molecular weight is 204 g/mol. The Morgan fingerprint density at radius 2 is 1.92 bits per heavy atom. The lowest BCUT2D eigenvalue weighted by Crippen LogP contribution is -2.25. The van der Waals surface area contributed by atoms with Gasteiger partial charge in [-0.15, -0.1) is 0 Å². The predicted octanol–water partition coefficient (Wildman–Crippen LogP) is 3.57. The zero-order valence-corrected chi connectivity index (χ0v) is 9.66. The first-order valence-electron chi connectivity index (χ1n) is 5.10. The molecule has 3 unspecified atom stereocenters. The molecule has 0 nitrogen and oxygen atoms in total. The van der Waals surface area contributed by atoms with E-state index >= 15 is 0 Å². The van der Waals surface area contributed by atoms with Crippen molar-refractivity contribution in [3.8, 4) is 0 Å². The van der Waals surface area contributed by atoms with Crippen molar-refractivity contribution >= 4 is 25.3 Å². The standard InChI is InChI=1S/C10H20S2/c1-2-3-4-8-5-6-9(11)10(12)7-8/h8-12H,2-7H2,1H3. The number of hydrogen-bond acceptors (Lipinski definition) is 2. The Hall–Kier alpha value is 0.700. The van der Waals surface area contributed by atoms with Gasteiger partial charge < -0.3 is 0 Å². The van der Waals surface area contributed by atoms with E-state index in [1.165, 1.54) is 38.5 Å². The highest BCUT2D eigenvalue weighted by atomic mass is 32.1. The first-order chi connectivity index (χ1) is 5.74. The fourth-order valence-electron chi connectivity index (χ4n) is 1.97. The molecule has 12 heavy (non-hydrogen) atoms. The molecule has 3 atom stereocenters. The van der Waals surface area contributed by atoms with Crippen molar-refractivity contribution in [1.82, 2.24) is 0 Å². The summed E-state index contributed by atoms with van der Waals surface area (Å²) < 4.78 is 0. The van der Waals surface area contributed by atoms with E-state index < -0.39 is 0 Å². The first-order valence-corrected chi connectivity index (χ1v) is 6.13. The summed E-state index contributed by atoms with van der Waals surface area (Å²) in [7, 11) is 0. The predicted molar refractivity (Wildman–Crippen MR) is 62.4 cm³/mol. The number of thiol groups is 2. The molecule has 0 N–H and O–H groups in total. The van der Waals surface area contributed by atoms with Gasteiger partial charge in [0.1, 0.15) is 0 Å². The molecule has 2 heteroatoms. The SMILES string of the molecule is CCCCC1CCC(S)C(S)C1. The molecule has 0 heterocycles. The Kier molecular flexibility index (Phi) is 4.88. The second-order valence-electron chi connectivity index (χ2n) is 3.96. The minimum atomic E-state index is 0.545. The van der Waals surface area contributed by atoms with E-state index in [0.717, 1.165) is 5.92 Å². The van der Waals surface area contributed by atoms with Gasteiger partial charge in [-0.1, -0.05) is 26.2 Å². The van der Waals surface area contributed by atoms with Crippen molar-refractivity contribution in [2.75, 3.05) is 0 Å². The van der Waals surface area contributed by atoms with Crippen molar-refractivity contribution < 1.29 is 0 Å². The molecule has 0 aromatic heterocycles. The summed E-state index contributed by atoms with van der Waals surface area (Å²) in [6.07, 6.45) is 8.07. The summed E-state index contributed by atoms with van der Waals surface area (Å²) in [5.41, 5.74) is 0. The van der Waals surface area contributed by atoms with Crippen molar-refractivity contribution in [3.05, 3.63) is 0 Å². The Bertz CT molecular complexity index is 123. The average Bonchev–Trinajstić information content (AvgIpc) is 2.07. The molecule has 0 radical (unpaired) electrons. The normalized spacial score (nSPS) is 36.8. The molecule has 0 bridgehead atoms. The van der Waals surface area contributed by atoms with Crippen LogP contribution in [0.1, 0.15) is 45.4 Å². The largest absolute Gasteiger partial charge is 0.175 e. The summed E-state index contributed by atoms with van der Waals surface area (Å²) in [5, 5.41) is 1.09. The molecule has 1 aliphatic carbocycles. The van der Waals surface area contributed by atoms with Gasteiger partial charge in [0.15, 0.2) is 0 Å². The maximum atomic E-state index is 4.56. The topological polar surface area (TPSA) is 0 Å². The molecule has 1 rings (SSSR count). The zero-order chi connectivity index (χ0) is 8.97. The smallest absolute Gasteiger partial charge is 0.0136 e. The van der Waals surface area contributed by atoms with Gasteiger partial charge in [-0.2, -0.15) is 25.3 Å². The lowest BCUT2D eigenvalue weighted by Gasteiger charge is -2.30. The number of hydrogen-bond donors (Lipinski definition) is 2. The Morgan fingerprint density at radius 1 is 1.17 bits per heavy atom. The van der Waals surface area contributed by atoms with Crippen LogP contribution in [-0.4, -0.2) is 10.5 Å². The van der Waals surface area contributed by atoms with Crippen LogP contribution < -0.4 is 0 Å². The Morgan fingerprint density at radius 3 is 2.50 bits per heavy atom. The molecular weight excluding hydrogens is 184 g/mol. The van der Waals surface area contributed by atoms with Crippen LogP contribution in [0.25, 0.3) is 0 Å². The highest BCUT2D eigenvalue weighted by molar-refractivity contribution is 7.85. The van der Waals surface area contributed by atoms with E-state index in [0.29, 0.717) is 10.5 Å². The van der Waals surface area contributed by atoms with Crippen molar-refractivity contribution in [2.45, 2.75) is 55.9 Å². The molecule has 0 aliphatic heterocycles. The Labute approximate surface area is 87.3 Å². The van der Waals surface area contributed by atoms with Gasteiger partial charge in [0.2, 0.25) is 0 Å². The summed E-state index contributed by atoms with van der Waals surface area (Å²) in [6.45, 7) is 2.27. The molecule has 1 saturated carbocycles. The summed E-state index contributed by atoms with van der Waals surface area (Å²) >= 11 is 9.07. The summed E-state index contributed by atoms with van der Waals surface area (Å²) in [6, 6.07) is 0.